The molecule has 2 aromatic carbocycles. The molecule has 34 heavy (non-hydrogen) atoms. The highest BCUT2D eigenvalue weighted by Gasteiger charge is 2.12. The van der Waals surface area contributed by atoms with Crippen molar-refractivity contribution >= 4 is 28.7 Å². The Labute approximate surface area is 195 Å². The Balaban J connectivity index is 1.82. The van der Waals surface area contributed by atoms with Crippen LogP contribution < -0.4 is 33.2 Å². The van der Waals surface area contributed by atoms with Gasteiger partial charge in [-0.3, -0.25) is 10.9 Å². The number of rotatable bonds is 8. The number of nitrogens with two attached hydrogens (primary N) is 3. The first-order chi connectivity index (χ1) is 16.2. The van der Waals surface area contributed by atoms with Crippen LogP contribution in [0.1, 0.15) is 27.3 Å². The fraction of sp³-hybridized carbons (Fsp3) is 0.0435. The molecule has 0 spiro atoms. The third-order valence-electron chi connectivity index (χ3n) is 4.86. The number of carboxylic acids is 1. The van der Waals surface area contributed by atoms with Crippen LogP contribution in [0.2, 0.25) is 0 Å². The lowest BCUT2D eigenvalue weighted by molar-refractivity contribution is 0.0693. The minimum Gasteiger partial charge on any atom is -0.508 e. The van der Waals surface area contributed by atoms with Crippen LogP contribution in [0.5, 0.6) is 11.5 Å². The molecule has 0 unspecified atom stereocenters. The number of benzene rings is 2. The van der Waals surface area contributed by atoms with Crippen LogP contribution in [0.15, 0.2) is 67.0 Å². The molecule has 0 bridgehead atoms. The van der Waals surface area contributed by atoms with Crippen molar-refractivity contribution in [1.29, 1.82) is 0 Å². The first kappa shape index (κ1) is 23.9. The topological polar surface area (TPSA) is 196 Å². The fourth-order valence-electron chi connectivity index (χ4n) is 2.94. The number of phenolic OH excluding ortho intramolecular Hbond substituents is 1. The number of nitrogens with zero attached hydrogens (tertiary/aromatic N) is 2. The number of aromatic hydroxyl groups is 2. The minimum absolute atomic E-state index is 0.163. The Hall–Kier alpha value is -4.74. The molecule has 1 heterocycles. The largest absolute Gasteiger partial charge is 0.508 e. The van der Waals surface area contributed by atoms with Crippen molar-refractivity contribution in [2.45, 2.75) is 6.92 Å². The van der Waals surface area contributed by atoms with Crippen LogP contribution in [0.4, 0.5) is 11.4 Å². The maximum atomic E-state index is 11.1. The molecule has 11 nitrogen and oxygen atoms in total. The summed E-state index contributed by atoms with van der Waals surface area (Å²) in [5.74, 6) is 10.2. The van der Waals surface area contributed by atoms with Crippen molar-refractivity contribution in [3.05, 3.63) is 89.5 Å². The van der Waals surface area contributed by atoms with Crippen LogP contribution in [0.25, 0.3) is 11.4 Å². The predicted octanol–water partition coefficient (Wildman–Crippen LogP) is 2.01. The number of anilines is 2. The van der Waals surface area contributed by atoms with Gasteiger partial charge in [0.1, 0.15) is 17.1 Å². The Morgan fingerprint density at radius 3 is 2.44 bits per heavy atom. The number of pyridine rings is 1. The second kappa shape index (κ2) is 10.3. The molecule has 11 N–H and O–H groups in total. The molecule has 0 amide bonds. The number of hydrogen-bond acceptors (Lipinski definition) is 10. The Morgan fingerprint density at radius 2 is 1.79 bits per heavy atom. The van der Waals surface area contributed by atoms with Gasteiger partial charge in [0.25, 0.3) is 0 Å². The van der Waals surface area contributed by atoms with E-state index in [2.05, 4.69) is 15.7 Å². The van der Waals surface area contributed by atoms with Gasteiger partial charge >= 0.3 is 5.97 Å². The molecule has 0 saturated carbocycles. The summed E-state index contributed by atoms with van der Waals surface area (Å²) in [5.41, 5.74) is 11.7. The lowest BCUT2D eigenvalue weighted by Crippen LogP contribution is -2.26. The normalized spacial score (nSPS) is 11.7. The van der Waals surface area contributed by atoms with Crippen molar-refractivity contribution in [3.8, 4) is 11.5 Å². The highest BCUT2D eigenvalue weighted by Crippen LogP contribution is 2.25. The maximum absolute atomic E-state index is 11.1. The zero-order chi connectivity index (χ0) is 24.8. The zero-order valence-electron chi connectivity index (χ0n) is 18.2. The van der Waals surface area contributed by atoms with Crippen LogP contribution in [0, 0.1) is 6.92 Å². The smallest absolute Gasteiger partial charge is 0.339 e. The van der Waals surface area contributed by atoms with Crippen LogP contribution in [0.3, 0.4) is 0 Å². The number of aromatic nitrogens is 1. The Bertz CT molecular complexity index is 1270. The third-order valence-corrected chi connectivity index (χ3v) is 4.86. The van der Waals surface area contributed by atoms with E-state index in [1.165, 1.54) is 24.4 Å². The average Bonchev–Trinajstić information content (AvgIpc) is 2.81. The second-order valence-corrected chi connectivity index (χ2v) is 7.25. The van der Waals surface area contributed by atoms with Gasteiger partial charge in [0.2, 0.25) is 0 Å². The summed E-state index contributed by atoms with van der Waals surface area (Å²) in [6, 6.07) is 14.2. The molecule has 0 radical (unpaired) electrons. The van der Waals surface area contributed by atoms with Crippen LogP contribution in [-0.2, 0) is 0 Å². The number of nitrogens with one attached hydrogen (secondary N) is 2. The van der Waals surface area contributed by atoms with Crippen LogP contribution in [-0.4, -0.2) is 26.3 Å². The summed E-state index contributed by atoms with van der Waals surface area (Å²) in [4.78, 5) is 15.5. The average molecular weight is 463 g/mol. The fourth-order valence-corrected chi connectivity index (χ4v) is 2.94. The molecule has 0 fully saturated rings. The highest BCUT2D eigenvalue weighted by molar-refractivity contribution is 5.91. The predicted molar refractivity (Wildman–Crippen MR) is 130 cm³/mol. The molecule has 176 valence electrons. The molecule has 0 atom stereocenters. The van der Waals surface area contributed by atoms with Crippen molar-refractivity contribution in [2.24, 2.45) is 17.4 Å². The maximum Gasteiger partial charge on any atom is 0.339 e. The lowest BCUT2D eigenvalue weighted by atomic mass is 10.2. The first-order valence-electron chi connectivity index (χ1n) is 9.98. The van der Waals surface area contributed by atoms with Gasteiger partial charge in [-0.2, -0.15) is 0 Å². The van der Waals surface area contributed by atoms with E-state index in [0.29, 0.717) is 28.5 Å². The molecule has 0 aliphatic rings. The molecule has 3 aromatic rings. The molecular weight excluding hydrogens is 438 g/mol. The summed E-state index contributed by atoms with van der Waals surface area (Å²) < 4.78 is 0. The first-order valence-corrected chi connectivity index (χ1v) is 9.98. The van der Waals surface area contributed by atoms with Crippen molar-refractivity contribution in [1.82, 2.24) is 10.4 Å². The van der Waals surface area contributed by atoms with E-state index in [-0.39, 0.29) is 17.0 Å². The standard InChI is InChI=1S/C23H25N7O4/c1-13-5-6-14(9-21(13)31)27-11-20(29-25)19-4-2-3-18(28-19)17(24)12-30(26)15-7-8-16(23(33)34)22(32)10-15/h2-12,27,29,31-32H,24-26H2,1H3,(H,33,34)/b17-12-,20-11-. The van der Waals surface area contributed by atoms with E-state index in [4.69, 9.17) is 22.5 Å². The van der Waals surface area contributed by atoms with E-state index in [9.17, 15) is 15.0 Å². The number of carboxylic acid groups (broad SMARTS) is 1. The SMILES string of the molecule is Cc1ccc(N/C=C(\NN)c2cccc(/C(N)=C/N(N)c3ccc(C(=O)O)c(O)c3)n2)cc1O. The second-order valence-electron chi connectivity index (χ2n) is 7.25. The van der Waals surface area contributed by atoms with E-state index in [1.807, 2.05) is 0 Å². The van der Waals surface area contributed by atoms with Gasteiger partial charge in [-0.05, 0) is 42.8 Å². The van der Waals surface area contributed by atoms with Gasteiger partial charge < -0.3 is 31.8 Å². The Kier molecular flexibility index (Phi) is 7.21. The third kappa shape index (κ3) is 5.54. The monoisotopic (exact) mass is 463 g/mol. The number of aryl methyl sites for hydroxylation is 1. The van der Waals surface area contributed by atoms with Gasteiger partial charge in [-0.1, -0.05) is 12.1 Å². The van der Waals surface area contributed by atoms with E-state index in [0.717, 1.165) is 10.6 Å². The van der Waals surface area contributed by atoms with E-state index in [1.54, 1.807) is 49.5 Å². The van der Waals surface area contributed by atoms with E-state index >= 15 is 0 Å². The summed E-state index contributed by atoms with van der Waals surface area (Å²) in [6.07, 6.45) is 2.98. The molecule has 0 aliphatic heterocycles. The lowest BCUT2D eigenvalue weighted by Gasteiger charge is -2.16. The number of aromatic carboxylic acids is 1. The van der Waals surface area contributed by atoms with Crippen molar-refractivity contribution in [3.63, 3.8) is 0 Å². The minimum atomic E-state index is -1.25. The number of phenols is 2. The molecule has 11 heteroatoms. The molecule has 1 aromatic heterocycles. The van der Waals surface area contributed by atoms with Gasteiger partial charge in [-0.25, -0.2) is 15.6 Å². The summed E-state index contributed by atoms with van der Waals surface area (Å²) in [6.45, 7) is 1.80. The molecule has 3 rings (SSSR count). The van der Waals surface area contributed by atoms with Gasteiger partial charge in [0, 0.05) is 30.2 Å². The summed E-state index contributed by atoms with van der Waals surface area (Å²) in [5, 5.41) is 32.9. The number of hydrazine groups is 2. The van der Waals surface area contributed by atoms with Gasteiger partial charge in [0.15, 0.2) is 0 Å². The Morgan fingerprint density at radius 1 is 1.06 bits per heavy atom. The highest BCUT2D eigenvalue weighted by atomic mass is 16.4. The number of carbonyl (C=O) groups is 1. The van der Waals surface area contributed by atoms with E-state index < -0.39 is 11.7 Å². The quantitative estimate of drug-likeness (QED) is 0.180. The van der Waals surface area contributed by atoms with Gasteiger partial charge in [0.05, 0.1) is 28.5 Å². The summed E-state index contributed by atoms with van der Waals surface area (Å²) in [7, 11) is 0. The molecule has 0 aliphatic carbocycles. The van der Waals surface area contributed by atoms with Gasteiger partial charge in [-0.15, -0.1) is 0 Å². The van der Waals surface area contributed by atoms with Crippen LogP contribution >= 0.6 is 0 Å². The van der Waals surface area contributed by atoms with Crippen molar-refractivity contribution < 1.29 is 20.1 Å². The zero-order valence-corrected chi connectivity index (χ0v) is 18.2. The van der Waals surface area contributed by atoms with Crippen molar-refractivity contribution in [2.75, 3.05) is 10.3 Å². The number of hydrogen-bond donors (Lipinski definition) is 8. The molecule has 0 saturated heterocycles. The molecular formula is C23H25N7O4. The summed E-state index contributed by atoms with van der Waals surface area (Å²) >= 11 is 0.